The van der Waals surface area contributed by atoms with Crippen molar-refractivity contribution in [1.29, 1.82) is 0 Å². The number of furan rings is 2. The first-order valence-corrected chi connectivity index (χ1v) is 27.0. The van der Waals surface area contributed by atoms with E-state index < -0.39 is 53.9 Å². The fourth-order valence-corrected chi connectivity index (χ4v) is 11.2. The minimum Gasteiger partial charge on any atom is -0.494 e. The average Bonchev–Trinajstić information content (AvgIpc) is 4.31. The summed E-state index contributed by atoms with van der Waals surface area (Å²) in [5, 5.41) is 45.3. The van der Waals surface area contributed by atoms with Crippen LogP contribution < -0.4 is 18.9 Å². The van der Waals surface area contributed by atoms with Gasteiger partial charge in [-0.3, -0.25) is 9.13 Å². The smallest absolute Gasteiger partial charge is 0.204 e. The third kappa shape index (κ3) is 10.3. The van der Waals surface area contributed by atoms with Crippen LogP contribution in [0.1, 0.15) is 60.6 Å². The number of nitrogens with zero attached hydrogens (tertiary/aromatic N) is 10. The first-order valence-electron chi connectivity index (χ1n) is 23.6. The molecule has 0 aliphatic heterocycles. The molecular weight excluding hydrogens is 1020 g/mol. The summed E-state index contributed by atoms with van der Waals surface area (Å²) >= 11 is 0. The number of aliphatic hydroxyl groups is 2. The van der Waals surface area contributed by atoms with E-state index in [9.17, 15) is 27.0 Å². The molecule has 2 N–H and O–H groups in total. The Labute approximate surface area is 436 Å². The number of hydrogen-bond donors (Lipinski definition) is 2. The van der Waals surface area contributed by atoms with Gasteiger partial charge in [0, 0.05) is 12.4 Å². The first-order chi connectivity index (χ1) is 36.5. The van der Waals surface area contributed by atoms with Gasteiger partial charge in [0.05, 0.1) is 61.4 Å². The molecule has 0 fully saturated rings. The van der Waals surface area contributed by atoms with Gasteiger partial charge < -0.3 is 38.0 Å². The molecule has 76 heavy (non-hydrogen) atoms. The summed E-state index contributed by atoms with van der Waals surface area (Å²) in [6.07, 6.45) is 0.741. The summed E-state index contributed by atoms with van der Waals surface area (Å²) in [6.45, 7) is 6.49. The number of rotatable bonds is 18. The van der Waals surface area contributed by atoms with Crippen molar-refractivity contribution in [2.75, 3.05) is 28.4 Å². The number of para-hydroxylation sites is 2. The van der Waals surface area contributed by atoms with Gasteiger partial charge in [-0.2, -0.15) is 10.2 Å². The normalized spacial score (nSPS) is 13.5. The van der Waals surface area contributed by atoms with Crippen LogP contribution in [-0.4, -0.2) is 115 Å². The van der Waals surface area contributed by atoms with Crippen molar-refractivity contribution in [3.63, 3.8) is 0 Å². The maximum absolute atomic E-state index is 13.6. The highest BCUT2D eigenvalue weighted by molar-refractivity contribution is 7.91. The molecule has 396 valence electrons. The van der Waals surface area contributed by atoms with Crippen molar-refractivity contribution >= 4 is 30.7 Å². The van der Waals surface area contributed by atoms with Gasteiger partial charge in [0.15, 0.2) is 42.8 Å². The standard InChI is InChI=1S/2C26H27N5O6S/c2*1-16-11-12-22(37-16)26-28-27-23(31(26)24-20(35-3)9-7-10-21(24)36-4)15-38(33,34)17(2)25(32)19-14-18-8-5-6-13-30(18)29-19/h2*5-14,17,25,32H,15H2,1-4H3/t2*17-,25+/m10/s1. The Bertz CT molecular complexity index is 3550. The van der Waals surface area contributed by atoms with E-state index in [1.807, 2.05) is 24.3 Å². The van der Waals surface area contributed by atoms with Crippen LogP contribution in [0.2, 0.25) is 0 Å². The van der Waals surface area contributed by atoms with Gasteiger partial charge >= 0.3 is 0 Å². The second-order valence-electron chi connectivity index (χ2n) is 17.6. The first kappa shape index (κ1) is 52.5. The highest BCUT2D eigenvalue weighted by atomic mass is 32.2. The lowest BCUT2D eigenvalue weighted by Crippen LogP contribution is -2.28. The second-order valence-corrected chi connectivity index (χ2v) is 22.3. The minimum absolute atomic E-state index is 0.103. The lowest BCUT2D eigenvalue weighted by molar-refractivity contribution is 0.170. The molecule has 4 atom stereocenters. The molecule has 22 nitrogen and oxygen atoms in total. The molecule has 2 aromatic carbocycles. The second kappa shape index (κ2) is 21.5. The van der Waals surface area contributed by atoms with E-state index in [-0.39, 0.29) is 34.7 Å². The number of fused-ring (bicyclic) bond motifs is 2. The Morgan fingerprint density at radius 3 is 1.20 bits per heavy atom. The SMILES string of the molecule is COc1cccc(OC)c1-n1c(CS(=O)(=O)[C@@H](C)[C@@H](O)c2cc3ccccn3n2)nnc1-c1ccc(C)o1.COc1cccc(OC)c1-n1c(CS(=O)(=O)[C@H](C)[C@H](O)c2cc3ccccn3n2)nnc1-c1ccc(C)o1. The number of aliphatic hydroxyl groups excluding tert-OH is 2. The van der Waals surface area contributed by atoms with Crippen LogP contribution in [-0.2, 0) is 31.2 Å². The topological polar surface area (TPSA) is 268 Å². The highest BCUT2D eigenvalue weighted by Crippen LogP contribution is 2.39. The molecule has 0 bridgehead atoms. The zero-order chi connectivity index (χ0) is 54.1. The molecule has 24 heteroatoms. The van der Waals surface area contributed by atoms with Gasteiger partial charge in [-0.25, -0.2) is 25.9 Å². The minimum atomic E-state index is -3.97. The number of methoxy groups -OCH3 is 4. The highest BCUT2D eigenvalue weighted by Gasteiger charge is 2.36. The van der Waals surface area contributed by atoms with E-state index in [1.165, 1.54) is 42.3 Å². The maximum atomic E-state index is 13.6. The molecule has 0 aliphatic carbocycles. The van der Waals surface area contributed by atoms with Crippen LogP contribution in [0.15, 0.2) is 130 Å². The van der Waals surface area contributed by atoms with E-state index in [0.29, 0.717) is 57.4 Å². The molecule has 0 saturated carbocycles. The van der Waals surface area contributed by atoms with Crippen molar-refractivity contribution in [3.8, 4) is 57.5 Å². The molecule has 0 amide bonds. The van der Waals surface area contributed by atoms with Crippen LogP contribution in [0.5, 0.6) is 23.0 Å². The van der Waals surface area contributed by atoms with Crippen molar-refractivity contribution in [2.24, 2.45) is 0 Å². The van der Waals surface area contributed by atoms with Crippen molar-refractivity contribution < 1.29 is 54.8 Å². The third-order valence-electron chi connectivity index (χ3n) is 12.7. The third-order valence-corrected chi connectivity index (χ3v) is 16.8. The zero-order valence-electron chi connectivity index (χ0n) is 42.5. The molecule has 0 spiro atoms. The quantitative estimate of drug-likeness (QED) is 0.0869. The van der Waals surface area contributed by atoms with E-state index >= 15 is 0 Å². The van der Waals surface area contributed by atoms with Crippen molar-refractivity contribution in [1.82, 2.24) is 48.8 Å². The molecule has 8 heterocycles. The Morgan fingerprint density at radius 2 is 0.882 bits per heavy atom. The van der Waals surface area contributed by atoms with E-state index in [1.54, 1.807) is 129 Å². The number of ether oxygens (including phenoxy) is 4. The summed E-state index contributed by atoms with van der Waals surface area (Å²) in [5.74, 6) is 3.49. The van der Waals surface area contributed by atoms with Crippen LogP contribution in [0.4, 0.5) is 0 Å². The van der Waals surface area contributed by atoms with E-state index in [4.69, 9.17) is 27.8 Å². The van der Waals surface area contributed by atoms with Gasteiger partial charge in [-0.1, -0.05) is 24.3 Å². The van der Waals surface area contributed by atoms with Gasteiger partial charge in [-0.05, 0) is 113 Å². The van der Waals surface area contributed by atoms with Crippen LogP contribution in [0, 0.1) is 13.8 Å². The number of benzene rings is 2. The Balaban J connectivity index is 0.000000186. The summed E-state index contributed by atoms with van der Waals surface area (Å²) in [5.41, 5.74) is 2.84. The fraction of sp³-hybridized carbons (Fsp3) is 0.269. The predicted molar refractivity (Wildman–Crippen MR) is 278 cm³/mol. The van der Waals surface area contributed by atoms with Gasteiger partial charge in [-0.15, -0.1) is 20.4 Å². The summed E-state index contributed by atoms with van der Waals surface area (Å²) in [6, 6.07) is 31.7. The van der Waals surface area contributed by atoms with Crippen molar-refractivity contribution in [2.45, 2.75) is 61.9 Å². The number of aryl methyl sites for hydroxylation is 2. The zero-order valence-corrected chi connectivity index (χ0v) is 44.2. The molecular formula is C52H54N10O12S2. The van der Waals surface area contributed by atoms with Crippen LogP contribution in [0.25, 0.3) is 45.6 Å². The van der Waals surface area contributed by atoms with Gasteiger partial charge in [0.1, 0.15) is 69.6 Å². The van der Waals surface area contributed by atoms with Crippen LogP contribution >= 0.6 is 0 Å². The number of hydrogen-bond acceptors (Lipinski definition) is 18. The average molecular weight is 1080 g/mol. The number of aromatic nitrogens is 10. The maximum Gasteiger partial charge on any atom is 0.204 e. The molecule has 8 aromatic heterocycles. The van der Waals surface area contributed by atoms with Gasteiger partial charge in [0.25, 0.3) is 0 Å². The molecule has 10 rings (SSSR count). The van der Waals surface area contributed by atoms with Crippen LogP contribution in [0.3, 0.4) is 0 Å². The molecule has 0 saturated heterocycles. The Morgan fingerprint density at radius 1 is 0.513 bits per heavy atom. The lowest BCUT2D eigenvalue weighted by Gasteiger charge is -2.19. The summed E-state index contributed by atoms with van der Waals surface area (Å²) in [7, 11) is -1.92. The molecule has 0 radical (unpaired) electrons. The van der Waals surface area contributed by atoms with E-state index in [0.717, 1.165) is 11.0 Å². The largest absolute Gasteiger partial charge is 0.494 e. The summed E-state index contributed by atoms with van der Waals surface area (Å²) < 4.78 is 94.6. The number of pyridine rings is 2. The van der Waals surface area contributed by atoms with Crippen molar-refractivity contribution in [3.05, 3.63) is 156 Å². The lowest BCUT2D eigenvalue weighted by atomic mass is 10.2. The van der Waals surface area contributed by atoms with E-state index in [2.05, 4.69) is 30.6 Å². The Hall–Kier alpha value is -8.32. The fourth-order valence-electron chi connectivity index (χ4n) is 8.52. The Kier molecular flexibility index (Phi) is 14.9. The molecule has 0 unspecified atom stereocenters. The molecule has 10 aromatic rings. The summed E-state index contributed by atoms with van der Waals surface area (Å²) in [4.78, 5) is 0. The predicted octanol–water partition coefficient (Wildman–Crippen LogP) is 7.08. The number of sulfone groups is 2. The van der Waals surface area contributed by atoms with Gasteiger partial charge in [0.2, 0.25) is 11.6 Å². The molecule has 0 aliphatic rings. The monoisotopic (exact) mass is 1070 g/mol.